The SMILES string of the molecule is NC(CN1CCCC2CCCC21)C1CC1. The van der Waals surface area contributed by atoms with Crippen molar-refractivity contribution in [2.24, 2.45) is 17.6 Å². The average molecular weight is 208 g/mol. The number of nitrogens with zero attached hydrogens (tertiary/aromatic N) is 1. The predicted molar refractivity (Wildman–Crippen MR) is 62.6 cm³/mol. The molecule has 2 heteroatoms. The Hall–Kier alpha value is -0.0800. The van der Waals surface area contributed by atoms with E-state index < -0.39 is 0 Å². The summed E-state index contributed by atoms with van der Waals surface area (Å²) >= 11 is 0. The van der Waals surface area contributed by atoms with Crippen molar-refractivity contribution in [3.05, 3.63) is 0 Å². The fourth-order valence-electron chi connectivity index (χ4n) is 3.73. The summed E-state index contributed by atoms with van der Waals surface area (Å²) in [5.74, 6) is 1.89. The van der Waals surface area contributed by atoms with E-state index in [0.717, 1.165) is 17.9 Å². The van der Waals surface area contributed by atoms with Crippen molar-refractivity contribution in [3.8, 4) is 0 Å². The first kappa shape index (κ1) is 10.1. The molecule has 0 bridgehead atoms. The van der Waals surface area contributed by atoms with Crippen LogP contribution >= 0.6 is 0 Å². The van der Waals surface area contributed by atoms with E-state index in [-0.39, 0.29) is 0 Å². The zero-order valence-electron chi connectivity index (χ0n) is 9.70. The second-order valence-corrected chi connectivity index (χ2v) is 5.90. The van der Waals surface area contributed by atoms with E-state index in [4.69, 9.17) is 5.73 Å². The van der Waals surface area contributed by atoms with Gasteiger partial charge in [0.25, 0.3) is 0 Å². The van der Waals surface area contributed by atoms with Gasteiger partial charge in [-0.25, -0.2) is 0 Å². The molecule has 3 unspecified atom stereocenters. The Morgan fingerprint density at radius 2 is 1.87 bits per heavy atom. The van der Waals surface area contributed by atoms with Crippen LogP contribution in [0.15, 0.2) is 0 Å². The fraction of sp³-hybridized carbons (Fsp3) is 1.00. The minimum atomic E-state index is 0.476. The Balaban J connectivity index is 1.58. The molecule has 86 valence electrons. The van der Waals surface area contributed by atoms with Crippen molar-refractivity contribution in [1.29, 1.82) is 0 Å². The van der Waals surface area contributed by atoms with Gasteiger partial charge in [0.15, 0.2) is 0 Å². The van der Waals surface area contributed by atoms with Crippen molar-refractivity contribution in [1.82, 2.24) is 4.90 Å². The lowest BCUT2D eigenvalue weighted by molar-refractivity contribution is 0.104. The third kappa shape index (κ3) is 2.07. The first-order chi connectivity index (χ1) is 7.34. The lowest BCUT2D eigenvalue weighted by Crippen LogP contribution is -2.48. The van der Waals surface area contributed by atoms with E-state index >= 15 is 0 Å². The monoisotopic (exact) mass is 208 g/mol. The van der Waals surface area contributed by atoms with Crippen molar-refractivity contribution in [2.45, 2.75) is 57.0 Å². The normalized spacial score (nSPS) is 39.0. The average Bonchev–Trinajstić information content (AvgIpc) is 2.97. The molecule has 0 aromatic heterocycles. The molecule has 2 aliphatic carbocycles. The second-order valence-electron chi connectivity index (χ2n) is 5.90. The Kier molecular flexibility index (Phi) is 2.73. The lowest BCUT2D eigenvalue weighted by Gasteiger charge is -2.39. The van der Waals surface area contributed by atoms with Gasteiger partial charge in [-0.1, -0.05) is 6.42 Å². The number of fused-ring (bicyclic) bond motifs is 1. The fourth-order valence-corrected chi connectivity index (χ4v) is 3.73. The molecule has 3 rings (SSSR count). The summed E-state index contributed by atoms with van der Waals surface area (Å²) in [7, 11) is 0. The largest absolute Gasteiger partial charge is 0.326 e. The number of rotatable bonds is 3. The maximum Gasteiger partial charge on any atom is 0.0196 e. The van der Waals surface area contributed by atoms with Gasteiger partial charge in [0.2, 0.25) is 0 Å². The summed E-state index contributed by atoms with van der Waals surface area (Å²) in [5.41, 5.74) is 6.25. The highest BCUT2D eigenvalue weighted by Gasteiger charge is 2.37. The van der Waals surface area contributed by atoms with Crippen molar-refractivity contribution < 1.29 is 0 Å². The molecule has 0 aromatic carbocycles. The van der Waals surface area contributed by atoms with Crippen LogP contribution in [0.3, 0.4) is 0 Å². The summed E-state index contributed by atoms with van der Waals surface area (Å²) < 4.78 is 0. The summed E-state index contributed by atoms with van der Waals surface area (Å²) in [6, 6.07) is 1.38. The summed E-state index contributed by atoms with van der Waals surface area (Å²) in [6.07, 6.45) is 10.1. The van der Waals surface area contributed by atoms with Crippen LogP contribution in [0.2, 0.25) is 0 Å². The third-order valence-electron chi connectivity index (χ3n) is 4.78. The van der Waals surface area contributed by atoms with Gasteiger partial charge >= 0.3 is 0 Å². The van der Waals surface area contributed by atoms with Gasteiger partial charge in [0, 0.05) is 18.6 Å². The second kappa shape index (κ2) is 4.06. The van der Waals surface area contributed by atoms with Crippen LogP contribution in [0, 0.1) is 11.8 Å². The molecule has 1 aliphatic heterocycles. The highest BCUT2D eigenvalue weighted by molar-refractivity contribution is 4.93. The van der Waals surface area contributed by atoms with E-state index in [0.29, 0.717) is 6.04 Å². The Morgan fingerprint density at radius 1 is 1.07 bits per heavy atom. The first-order valence-electron chi connectivity index (χ1n) is 6.84. The van der Waals surface area contributed by atoms with Gasteiger partial charge in [-0.3, -0.25) is 4.90 Å². The molecule has 3 aliphatic rings. The van der Waals surface area contributed by atoms with Crippen LogP contribution in [0.25, 0.3) is 0 Å². The molecule has 1 heterocycles. The van der Waals surface area contributed by atoms with Crippen molar-refractivity contribution >= 4 is 0 Å². The predicted octanol–water partition coefficient (Wildman–Crippen LogP) is 1.99. The summed E-state index contributed by atoms with van der Waals surface area (Å²) in [4.78, 5) is 2.73. The molecule has 2 saturated carbocycles. The molecule has 2 N–H and O–H groups in total. The highest BCUT2D eigenvalue weighted by atomic mass is 15.2. The zero-order valence-corrected chi connectivity index (χ0v) is 9.70. The minimum absolute atomic E-state index is 0.476. The Morgan fingerprint density at radius 3 is 2.67 bits per heavy atom. The highest BCUT2D eigenvalue weighted by Crippen LogP contribution is 2.38. The number of hydrogen-bond donors (Lipinski definition) is 1. The minimum Gasteiger partial charge on any atom is -0.326 e. The molecule has 0 spiro atoms. The number of nitrogens with two attached hydrogens (primary N) is 1. The van der Waals surface area contributed by atoms with Gasteiger partial charge in [-0.05, 0) is 56.9 Å². The van der Waals surface area contributed by atoms with E-state index in [1.807, 2.05) is 0 Å². The molecule has 0 radical (unpaired) electrons. The molecule has 15 heavy (non-hydrogen) atoms. The van der Waals surface area contributed by atoms with Gasteiger partial charge < -0.3 is 5.73 Å². The number of likely N-dealkylation sites (tertiary alicyclic amines) is 1. The maximum atomic E-state index is 6.25. The number of piperidine rings is 1. The van der Waals surface area contributed by atoms with E-state index in [9.17, 15) is 0 Å². The molecule has 0 aromatic rings. The maximum absolute atomic E-state index is 6.25. The molecule has 2 nitrogen and oxygen atoms in total. The lowest BCUT2D eigenvalue weighted by atomic mass is 9.91. The van der Waals surface area contributed by atoms with Crippen molar-refractivity contribution in [2.75, 3.05) is 13.1 Å². The molecule has 3 fully saturated rings. The summed E-state index contributed by atoms with van der Waals surface area (Å²) in [6.45, 7) is 2.51. The van der Waals surface area contributed by atoms with Gasteiger partial charge in [-0.2, -0.15) is 0 Å². The van der Waals surface area contributed by atoms with Crippen LogP contribution in [-0.2, 0) is 0 Å². The summed E-state index contributed by atoms with van der Waals surface area (Å²) in [5, 5.41) is 0. The molecule has 3 atom stereocenters. The van der Waals surface area contributed by atoms with Crippen molar-refractivity contribution in [3.63, 3.8) is 0 Å². The molecular formula is C13H24N2. The standard InChI is InChI=1S/C13H24N2/c14-12(10-6-7-10)9-15-8-2-4-11-3-1-5-13(11)15/h10-13H,1-9,14H2. The molecule has 1 saturated heterocycles. The van der Waals surface area contributed by atoms with Gasteiger partial charge in [-0.15, -0.1) is 0 Å². The van der Waals surface area contributed by atoms with Crippen LogP contribution in [0.1, 0.15) is 44.9 Å². The van der Waals surface area contributed by atoms with Crippen LogP contribution in [0.4, 0.5) is 0 Å². The number of hydrogen-bond acceptors (Lipinski definition) is 2. The Bertz CT molecular complexity index is 225. The van der Waals surface area contributed by atoms with E-state index in [2.05, 4.69) is 4.90 Å². The topological polar surface area (TPSA) is 29.3 Å². The van der Waals surface area contributed by atoms with E-state index in [1.165, 1.54) is 58.0 Å². The molecule has 0 amide bonds. The van der Waals surface area contributed by atoms with Gasteiger partial charge in [0.05, 0.1) is 0 Å². The van der Waals surface area contributed by atoms with Crippen LogP contribution < -0.4 is 5.73 Å². The molecular weight excluding hydrogens is 184 g/mol. The Labute approximate surface area is 93.2 Å². The first-order valence-corrected chi connectivity index (χ1v) is 6.84. The van der Waals surface area contributed by atoms with Gasteiger partial charge in [0.1, 0.15) is 0 Å². The van der Waals surface area contributed by atoms with Crippen LogP contribution in [0.5, 0.6) is 0 Å². The van der Waals surface area contributed by atoms with Crippen LogP contribution in [-0.4, -0.2) is 30.1 Å². The quantitative estimate of drug-likeness (QED) is 0.768. The zero-order chi connectivity index (χ0) is 10.3. The smallest absolute Gasteiger partial charge is 0.0196 e. The van der Waals surface area contributed by atoms with E-state index in [1.54, 1.807) is 0 Å². The third-order valence-corrected chi connectivity index (χ3v) is 4.78.